The third kappa shape index (κ3) is 3.46. The maximum Gasteiger partial charge on any atom is 0.416 e. The van der Waals surface area contributed by atoms with E-state index in [9.17, 15) is 13.2 Å². The molecule has 0 amide bonds. The molecule has 0 unspecified atom stereocenters. The lowest BCUT2D eigenvalue weighted by Crippen LogP contribution is -2.05. The maximum absolute atomic E-state index is 12.4. The zero-order valence-corrected chi connectivity index (χ0v) is 9.82. The number of hydrogen-bond donors (Lipinski definition) is 1. The van der Waals surface area contributed by atoms with E-state index in [0.717, 1.165) is 12.1 Å². The molecule has 16 heavy (non-hydrogen) atoms. The lowest BCUT2D eigenvalue weighted by molar-refractivity contribution is -0.137. The first-order valence-corrected chi connectivity index (χ1v) is 5.59. The highest BCUT2D eigenvalue weighted by Crippen LogP contribution is 2.30. The van der Waals surface area contributed by atoms with Gasteiger partial charge in [-0.1, -0.05) is 27.8 Å². The van der Waals surface area contributed by atoms with Gasteiger partial charge in [0.15, 0.2) is 0 Å². The van der Waals surface area contributed by atoms with Crippen LogP contribution in [0, 0.1) is 11.8 Å². The minimum atomic E-state index is -4.36. The molecule has 0 atom stereocenters. The monoisotopic (exact) mass is 291 g/mol. The normalized spacial score (nSPS) is 10.8. The number of nitrogen functional groups attached to an aromatic ring is 1. The number of benzene rings is 1. The van der Waals surface area contributed by atoms with Gasteiger partial charge in [0.2, 0.25) is 0 Å². The van der Waals surface area contributed by atoms with Gasteiger partial charge in [0.05, 0.1) is 5.56 Å². The highest BCUT2D eigenvalue weighted by molar-refractivity contribution is 9.09. The molecule has 0 heterocycles. The number of alkyl halides is 4. The van der Waals surface area contributed by atoms with Gasteiger partial charge in [-0.15, -0.1) is 0 Å². The molecule has 1 aromatic rings. The Balaban J connectivity index is 3.06. The van der Waals surface area contributed by atoms with Gasteiger partial charge in [0.25, 0.3) is 0 Å². The number of nitrogens with two attached hydrogens (primary N) is 1. The molecule has 0 fully saturated rings. The van der Waals surface area contributed by atoms with Crippen molar-refractivity contribution in [3.05, 3.63) is 29.3 Å². The number of halogens is 4. The topological polar surface area (TPSA) is 26.0 Å². The van der Waals surface area contributed by atoms with E-state index in [4.69, 9.17) is 5.73 Å². The molecule has 0 spiro atoms. The van der Waals surface area contributed by atoms with Gasteiger partial charge in [-0.25, -0.2) is 0 Å². The van der Waals surface area contributed by atoms with Crippen molar-refractivity contribution in [2.75, 3.05) is 11.1 Å². The van der Waals surface area contributed by atoms with E-state index in [-0.39, 0.29) is 11.3 Å². The molecule has 0 aromatic heterocycles. The summed E-state index contributed by atoms with van der Waals surface area (Å²) in [7, 11) is 0. The van der Waals surface area contributed by atoms with Crippen LogP contribution in [0.5, 0.6) is 0 Å². The van der Waals surface area contributed by atoms with Gasteiger partial charge in [-0.3, -0.25) is 0 Å². The predicted octanol–water partition coefficient (Wildman–Crippen LogP) is 3.42. The Labute approximate surface area is 100.0 Å². The Morgan fingerprint density at radius 2 is 2.00 bits per heavy atom. The van der Waals surface area contributed by atoms with Gasteiger partial charge in [0, 0.05) is 23.0 Å². The Kier molecular flexibility index (Phi) is 4.25. The highest BCUT2D eigenvalue weighted by atomic mass is 79.9. The van der Waals surface area contributed by atoms with Crippen LogP contribution in [0.25, 0.3) is 0 Å². The van der Waals surface area contributed by atoms with Crippen LogP contribution in [0.1, 0.15) is 17.5 Å². The Morgan fingerprint density at radius 1 is 1.31 bits per heavy atom. The van der Waals surface area contributed by atoms with Crippen molar-refractivity contribution < 1.29 is 13.2 Å². The van der Waals surface area contributed by atoms with Crippen LogP contribution in [0.2, 0.25) is 0 Å². The van der Waals surface area contributed by atoms with E-state index in [2.05, 4.69) is 27.8 Å². The summed E-state index contributed by atoms with van der Waals surface area (Å²) >= 11 is 3.17. The molecule has 2 N–H and O–H groups in total. The van der Waals surface area contributed by atoms with Crippen molar-refractivity contribution in [2.45, 2.75) is 12.6 Å². The average Bonchev–Trinajstić information content (AvgIpc) is 2.19. The Bertz CT molecular complexity index is 429. The summed E-state index contributed by atoms with van der Waals surface area (Å²) in [5.74, 6) is 5.35. The largest absolute Gasteiger partial charge is 0.416 e. The molecular formula is C11H9BrF3N. The van der Waals surface area contributed by atoms with Gasteiger partial charge in [-0.05, 0) is 18.2 Å². The zero-order valence-electron chi connectivity index (χ0n) is 8.24. The van der Waals surface area contributed by atoms with Crippen LogP contribution < -0.4 is 5.73 Å². The molecule has 0 saturated heterocycles. The van der Waals surface area contributed by atoms with E-state index < -0.39 is 11.7 Å². The second-order valence-electron chi connectivity index (χ2n) is 3.04. The summed E-state index contributed by atoms with van der Waals surface area (Å²) < 4.78 is 37.2. The number of rotatable bonds is 1. The minimum Gasteiger partial charge on any atom is -0.398 e. The van der Waals surface area contributed by atoms with Crippen molar-refractivity contribution in [3.8, 4) is 11.8 Å². The van der Waals surface area contributed by atoms with Crippen LogP contribution in [-0.4, -0.2) is 5.33 Å². The van der Waals surface area contributed by atoms with E-state index in [1.807, 2.05) is 0 Å². The molecule has 5 heteroatoms. The van der Waals surface area contributed by atoms with Crippen LogP contribution in [0.15, 0.2) is 18.2 Å². The standard InChI is InChI=1S/C11H9BrF3N/c12-6-2-1-3-8-7-9(11(13,14)15)4-5-10(8)16/h4-5,7H,2,6,16H2. The molecule has 0 bridgehead atoms. The van der Waals surface area contributed by atoms with Crippen molar-refractivity contribution in [2.24, 2.45) is 0 Å². The second-order valence-corrected chi connectivity index (χ2v) is 3.83. The molecule has 0 aliphatic heterocycles. The summed E-state index contributed by atoms with van der Waals surface area (Å²) in [6.07, 6.45) is -3.80. The third-order valence-corrected chi connectivity index (χ3v) is 2.22. The summed E-state index contributed by atoms with van der Waals surface area (Å²) in [6.45, 7) is 0. The maximum atomic E-state index is 12.4. The van der Waals surface area contributed by atoms with Crippen LogP contribution in [0.4, 0.5) is 18.9 Å². The SMILES string of the molecule is Nc1ccc(C(F)(F)F)cc1C#CCCBr. The fourth-order valence-electron chi connectivity index (χ4n) is 1.05. The van der Waals surface area contributed by atoms with E-state index in [1.54, 1.807) is 0 Å². The van der Waals surface area contributed by atoms with Crippen molar-refractivity contribution >= 4 is 21.6 Å². The molecule has 0 saturated carbocycles. The fourth-order valence-corrected chi connectivity index (χ4v) is 1.24. The average molecular weight is 292 g/mol. The lowest BCUT2D eigenvalue weighted by atomic mass is 10.1. The quantitative estimate of drug-likeness (QED) is 0.479. The smallest absolute Gasteiger partial charge is 0.398 e. The number of anilines is 1. The lowest BCUT2D eigenvalue weighted by Gasteiger charge is -2.07. The Hall–Kier alpha value is -1.15. The van der Waals surface area contributed by atoms with E-state index >= 15 is 0 Å². The number of hydrogen-bond acceptors (Lipinski definition) is 1. The molecule has 86 valence electrons. The molecule has 1 nitrogen and oxygen atoms in total. The first kappa shape index (κ1) is 12.9. The Morgan fingerprint density at radius 3 is 2.56 bits per heavy atom. The minimum absolute atomic E-state index is 0.218. The van der Waals surface area contributed by atoms with Crippen molar-refractivity contribution in [1.29, 1.82) is 0 Å². The van der Waals surface area contributed by atoms with Crippen LogP contribution in [0.3, 0.4) is 0 Å². The van der Waals surface area contributed by atoms with Gasteiger partial charge in [-0.2, -0.15) is 13.2 Å². The molecule has 0 aliphatic carbocycles. The molecule has 1 rings (SSSR count). The van der Waals surface area contributed by atoms with Crippen molar-refractivity contribution in [3.63, 3.8) is 0 Å². The summed E-state index contributed by atoms with van der Waals surface area (Å²) in [4.78, 5) is 0. The molecule has 0 aliphatic rings. The summed E-state index contributed by atoms with van der Waals surface area (Å²) in [5, 5.41) is 0.679. The van der Waals surface area contributed by atoms with Crippen molar-refractivity contribution in [1.82, 2.24) is 0 Å². The first-order valence-electron chi connectivity index (χ1n) is 4.46. The van der Waals surface area contributed by atoms with Gasteiger partial charge < -0.3 is 5.73 Å². The zero-order chi connectivity index (χ0) is 12.2. The molecule has 1 aromatic carbocycles. The van der Waals surface area contributed by atoms with Crippen LogP contribution in [-0.2, 0) is 6.18 Å². The summed E-state index contributed by atoms with van der Waals surface area (Å²) in [6, 6.07) is 3.14. The predicted molar refractivity (Wildman–Crippen MR) is 61.1 cm³/mol. The van der Waals surface area contributed by atoms with Gasteiger partial charge in [0.1, 0.15) is 0 Å². The molecule has 0 radical (unpaired) electrons. The van der Waals surface area contributed by atoms with E-state index in [1.165, 1.54) is 6.07 Å². The third-order valence-electron chi connectivity index (χ3n) is 1.82. The first-order chi connectivity index (χ1) is 7.45. The second kappa shape index (κ2) is 5.26. The summed E-state index contributed by atoms with van der Waals surface area (Å²) in [5.41, 5.74) is 5.28. The van der Waals surface area contributed by atoms with E-state index in [0.29, 0.717) is 11.8 Å². The molecular weight excluding hydrogens is 283 g/mol. The fraction of sp³-hybridized carbons (Fsp3) is 0.273. The van der Waals surface area contributed by atoms with Crippen LogP contribution >= 0.6 is 15.9 Å². The van der Waals surface area contributed by atoms with Gasteiger partial charge >= 0.3 is 6.18 Å². The highest BCUT2D eigenvalue weighted by Gasteiger charge is 2.30.